The van der Waals surface area contributed by atoms with E-state index in [1.807, 2.05) is 19.1 Å². The minimum Gasteiger partial charge on any atom is -0.454 e. The minimum atomic E-state index is -1.06. The van der Waals surface area contributed by atoms with Gasteiger partial charge in [0.15, 0.2) is 21.2 Å². The first-order valence-electron chi connectivity index (χ1n) is 8.56. The molecule has 2 bridgehead atoms. The molecule has 5 aliphatic heterocycles. The third-order valence-corrected chi connectivity index (χ3v) is 9.76. The summed E-state index contributed by atoms with van der Waals surface area (Å²) < 4.78 is 10.9. The van der Waals surface area contributed by atoms with Crippen molar-refractivity contribution in [1.29, 1.82) is 5.26 Å². The molecule has 0 aromatic heterocycles. The van der Waals surface area contributed by atoms with Gasteiger partial charge in [0.1, 0.15) is 0 Å². The van der Waals surface area contributed by atoms with E-state index in [2.05, 4.69) is 6.07 Å². The molecular formula is C18H17N3O4S2. The Labute approximate surface area is 164 Å². The van der Waals surface area contributed by atoms with Gasteiger partial charge in [-0.25, -0.2) is 0 Å². The number of hydrogen-bond donors (Lipinski definition) is 0. The fraction of sp³-hybridized carbons (Fsp3) is 0.500. The molecule has 4 fully saturated rings. The van der Waals surface area contributed by atoms with Gasteiger partial charge in [-0.05, 0) is 31.5 Å². The van der Waals surface area contributed by atoms with Gasteiger partial charge in [0.05, 0.1) is 17.5 Å². The first-order chi connectivity index (χ1) is 12.8. The lowest BCUT2D eigenvalue weighted by atomic mass is 9.79. The van der Waals surface area contributed by atoms with Gasteiger partial charge in [-0.3, -0.25) is 9.59 Å². The van der Waals surface area contributed by atoms with Crippen molar-refractivity contribution in [2.75, 3.05) is 13.8 Å². The Morgan fingerprint density at radius 1 is 1.19 bits per heavy atom. The highest BCUT2D eigenvalue weighted by Gasteiger charge is 2.74. The third kappa shape index (κ3) is 1.85. The van der Waals surface area contributed by atoms with Crippen LogP contribution in [0.5, 0.6) is 11.5 Å². The van der Waals surface area contributed by atoms with Gasteiger partial charge in [-0.2, -0.15) is 5.26 Å². The standard InChI is InChI=1S/C18H17N3O4S2/c1-16(8-19)7-18-15(23)20(3)17(2,26-27-18)14(22)21(18)13(16)10-4-5-11-12(6-10)25-9-24-11/h4-6,13H,7,9H2,1-3H3/t13-,16+,17-,18-/m0/s1. The van der Waals surface area contributed by atoms with Gasteiger partial charge in [-0.15, -0.1) is 0 Å². The van der Waals surface area contributed by atoms with Crippen LogP contribution in [-0.4, -0.2) is 45.2 Å². The Morgan fingerprint density at radius 2 is 1.93 bits per heavy atom. The SMILES string of the molecule is CN1C(=O)[C@@]23C[C@](C)(C#N)[C@H](c4ccc5c(c4)OCO5)N2C(=O)[C@]1(C)SS3. The number of ether oxygens (including phenoxy) is 2. The Balaban J connectivity index is 1.71. The number of likely N-dealkylation sites (N-methyl/N-ethyl adjacent to an activating group) is 1. The molecular weight excluding hydrogens is 386 g/mol. The van der Waals surface area contributed by atoms with Crippen molar-refractivity contribution in [2.24, 2.45) is 5.41 Å². The van der Waals surface area contributed by atoms with Crippen LogP contribution < -0.4 is 9.47 Å². The highest BCUT2D eigenvalue weighted by Crippen LogP contribution is 2.69. The highest BCUT2D eigenvalue weighted by atomic mass is 33.1. The van der Waals surface area contributed by atoms with Gasteiger partial charge in [-0.1, -0.05) is 27.7 Å². The average molecular weight is 403 g/mol. The van der Waals surface area contributed by atoms with Crippen LogP contribution in [0.3, 0.4) is 0 Å². The molecule has 6 rings (SSSR count). The van der Waals surface area contributed by atoms with Gasteiger partial charge >= 0.3 is 0 Å². The maximum atomic E-state index is 13.5. The molecule has 0 N–H and O–H groups in total. The number of carbonyl (C=O) groups is 2. The second-order valence-electron chi connectivity index (χ2n) is 7.69. The number of hydrogen-bond acceptors (Lipinski definition) is 7. The van der Waals surface area contributed by atoms with E-state index >= 15 is 0 Å². The monoisotopic (exact) mass is 403 g/mol. The lowest BCUT2D eigenvalue weighted by Gasteiger charge is -2.57. The number of benzene rings is 1. The van der Waals surface area contributed by atoms with E-state index in [4.69, 9.17) is 9.47 Å². The molecule has 5 aliphatic rings. The normalized spacial score (nSPS) is 39.0. The van der Waals surface area contributed by atoms with Gasteiger partial charge in [0, 0.05) is 13.5 Å². The molecule has 0 saturated carbocycles. The molecule has 5 heterocycles. The van der Waals surface area contributed by atoms with Crippen LogP contribution in [0.25, 0.3) is 0 Å². The summed E-state index contributed by atoms with van der Waals surface area (Å²) in [5.41, 5.74) is -0.117. The van der Waals surface area contributed by atoms with E-state index in [1.165, 1.54) is 26.5 Å². The smallest absolute Gasteiger partial charge is 0.261 e. The van der Waals surface area contributed by atoms with Gasteiger partial charge in [0.2, 0.25) is 6.79 Å². The molecule has 4 atom stereocenters. The van der Waals surface area contributed by atoms with E-state index in [9.17, 15) is 14.9 Å². The van der Waals surface area contributed by atoms with Crippen molar-refractivity contribution in [3.8, 4) is 17.6 Å². The number of fused-ring (bicyclic) bond motifs is 3. The molecule has 27 heavy (non-hydrogen) atoms. The Hall–Kier alpha value is -2.05. The number of nitrogens with zero attached hydrogens (tertiary/aromatic N) is 3. The molecule has 0 unspecified atom stereocenters. The van der Waals surface area contributed by atoms with Crippen molar-refractivity contribution >= 4 is 33.4 Å². The number of piperazine rings is 1. The molecule has 1 aromatic rings. The van der Waals surface area contributed by atoms with Crippen LogP contribution in [0.1, 0.15) is 31.9 Å². The third-order valence-electron chi connectivity index (χ3n) is 6.06. The summed E-state index contributed by atoms with van der Waals surface area (Å²) in [4.78, 5) is 27.9. The van der Waals surface area contributed by atoms with Crippen molar-refractivity contribution in [3.05, 3.63) is 23.8 Å². The molecule has 0 radical (unpaired) electrons. The maximum absolute atomic E-state index is 13.5. The second-order valence-corrected chi connectivity index (χ2v) is 10.5. The predicted molar refractivity (Wildman–Crippen MR) is 99.6 cm³/mol. The Morgan fingerprint density at radius 3 is 2.67 bits per heavy atom. The van der Waals surface area contributed by atoms with E-state index in [1.54, 1.807) is 24.9 Å². The molecule has 1 spiro atoms. The van der Waals surface area contributed by atoms with E-state index in [0.29, 0.717) is 11.5 Å². The molecule has 0 aliphatic carbocycles. The van der Waals surface area contributed by atoms with Crippen LogP contribution in [0.15, 0.2) is 18.2 Å². The zero-order valence-electron chi connectivity index (χ0n) is 15.0. The van der Waals surface area contributed by atoms with Crippen molar-refractivity contribution in [2.45, 2.75) is 36.1 Å². The average Bonchev–Trinajstić information content (AvgIpc) is 3.23. The predicted octanol–water partition coefficient (Wildman–Crippen LogP) is 2.50. The largest absolute Gasteiger partial charge is 0.454 e. The Kier molecular flexibility index (Phi) is 3.20. The summed E-state index contributed by atoms with van der Waals surface area (Å²) in [7, 11) is 4.49. The summed E-state index contributed by atoms with van der Waals surface area (Å²) in [5, 5.41) is 10.0. The number of rotatable bonds is 1. The first-order valence-corrected chi connectivity index (χ1v) is 10.7. The van der Waals surface area contributed by atoms with Crippen molar-refractivity contribution in [1.82, 2.24) is 9.80 Å². The van der Waals surface area contributed by atoms with E-state index in [0.717, 1.165) is 5.56 Å². The molecule has 9 heteroatoms. The molecule has 1 aromatic carbocycles. The van der Waals surface area contributed by atoms with E-state index < -0.39 is 21.2 Å². The van der Waals surface area contributed by atoms with Gasteiger partial charge in [0.25, 0.3) is 11.8 Å². The van der Waals surface area contributed by atoms with Crippen LogP contribution in [0.4, 0.5) is 0 Å². The summed E-state index contributed by atoms with van der Waals surface area (Å²) in [6, 6.07) is 7.35. The highest BCUT2D eigenvalue weighted by molar-refractivity contribution is 8.78. The molecule has 140 valence electrons. The van der Waals surface area contributed by atoms with Crippen LogP contribution in [0.2, 0.25) is 0 Å². The molecule has 7 nitrogen and oxygen atoms in total. The number of amides is 2. The topological polar surface area (TPSA) is 82.9 Å². The van der Waals surface area contributed by atoms with Crippen LogP contribution in [-0.2, 0) is 9.59 Å². The van der Waals surface area contributed by atoms with Crippen molar-refractivity contribution in [3.63, 3.8) is 0 Å². The molecule has 4 saturated heterocycles. The number of carbonyl (C=O) groups excluding carboxylic acids is 2. The maximum Gasteiger partial charge on any atom is 0.261 e. The molecule has 2 amide bonds. The summed E-state index contributed by atoms with van der Waals surface area (Å²) in [6.45, 7) is 3.75. The minimum absolute atomic E-state index is 0.113. The lowest BCUT2D eigenvalue weighted by molar-refractivity contribution is -0.164. The second kappa shape index (κ2) is 5.06. The quantitative estimate of drug-likeness (QED) is 0.666. The number of nitriles is 1. The fourth-order valence-electron chi connectivity index (χ4n) is 4.50. The summed E-state index contributed by atoms with van der Waals surface area (Å²) in [6.07, 6.45) is 0.290. The zero-order valence-corrected chi connectivity index (χ0v) is 16.6. The lowest BCUT2D eigenvalue weighted by Crippen LogP contribution is -2.73. The van der Waals surface area contributed by atoms with Gasteiger partial charge < -0.3 is 19.3 Å². The first kappa shape index (κ1) is 17.1. The van der Waals surface area contributed by atoms with Crippen molar-refractivity contribution < 1.29 is 19.1 Å². The summed E-state index contributed by atoms with van der Waals surface area (Å²) >= 11 is 0. The zero-order chi connectivity index (χ0) is 19.2. The Bertz CT molecular complexity index is 949. The summed E-state index contributed by atoms with van der Waals surface area (Å²) in [5.74, 6) is 0.998. The van der Waals surface area contributed by atoms with E-state index in [-0.39, 0.29) is 25.0 Å². The van der Waals surface area contributed by atoms with Crippen LogP contribution in [0, 0.1) is 16.7 Å². The fourth-order valence-corrected chi connectivity index (χ4v) is 8.08. The van der Waals surface area contributed by atoms with Crippen LogP contribution >= 0.6 is 21.6 Å².